The molecule has 0 bridgehead atoms. The minimum atomic E-state index is -3.92. The number of nitrogens with one attached hydrogen (secondary N) is 2. The second-order valence-electron chi connectivity index (χ2n) is 1.80. The van der Waals surface area contributed by atoms with E-state index >= 15 is 0 Å². The Bertz CT molecular complexity index is 181. The zero-order valence-corrected chi connectivity index (χ0v) is 5.48. The molecule has 0 amide bonds. The van der Waals surface area contributed by atoms with Crippen LogP contribution in [0.25, 0.3) is 0 Å². The summed E-state index contributed by atoms with van der Waals surface area (Å²) in [6.07, 6.45) is 0. The fourth-order valence-electron chi connectivity index (χ4n) is 0.689. The third-order valence-electron chi connectivity index (χ3n) is 1.08. The van der Waals surface area contributed by atoms with E-state index in [2.05, 4.69) is 10.6 Å². The molecule has 54 valence electrons. The van der Waals surface area contributed by atoms with Gasteiger partial charge < -0.3 is 0 Å². The van der Waals surface area contributed by atoms with Crippen molar-refractivity contribution < 1.29 is 13.0 Å². The van der Waals surface area contributed by atoms with Gasteiger partial charge in [-0.15, -0.1) is 0 Å². The van der Waals surface area contributed by atoms with E-state index < -0.39 is 15.6 Å². The van der Waals surface area contributed by atoms with Crippen molar-refractivity contribution >= 4 is 10.1 Å². The Kier molecular flexibility index (Phi) is 1.71. The zero-order chi connectivity index (χ0) is 6.91. The van der Waals surface area contributed by atoms with Gasteiger partial charge in [-0.25, -0.2) is 0 Å². The van der Waals surface area contributed by atoms with E-state index in [1.807, 2.05) is 0 Å². The second kappa shape index (κ2) is 2.22. The molecule has 5 nitrogen and oxygen atoms in total. The average Bonchev–Trinajstić information content (AvgIpc) is 2.08. The largest absolute Gasteiger partial charge is 0.295 e. The lowest BCUT2D eigenvalue weighted by molar-refractivity contribution is 0.454. The molecule has 9 heavy (non-hydrogen) atoms. The van der Waals surface area contributed by atoms with Crippen LogP contribution in [0.2, 0.25) is 0 Å². The summed E-state index contributed by atoms with van der Waals surface area (Å²) in [6.45, 7) is 1.15. The van der Waals surface area contributed by atoms with Crippen molar-refractivity contribution in [3.05, 3.63) is 0 Å². The van der Waals surface area contributed by atoms with Gasteiger partial charge in [-0.3, -0.25) is 15.2 Å². The van der Waals surface area contributed by atoms with Gasteiger partial charge >= 0.3 is 0 Å². The highest BCUT2D eigenvalue weighted by Crippen LogP contribution is 1.92. The molecule has 0 unspecified atom stereocenters. The Labute approximate surface area is 53.2 Å². The Morgan fingerprint density at radius 2 is 1.78 bits per heavy atom. The van der Waals surface area contributed by atoms with Gasteiger partial charge in [0.1, 0.15) is 0 Å². The van der Waals surface area contributed by atoms with E-state index in [0.717, 1.165) is 0 Å². The van der Waals surface area contributed by atoms with Gasteiger partial charge in [-0.1, -0.05) is 0 Å². The lowest BCUT2D eigenvalue weighted by Gasteiger charge is -2.04. The molecule has 1 saturated heterocycles. The van der Waals surface area contributed by atoms with E-state index in [4.69, 9.17) is 4.55 Å². The molecule has 0 radical (unpaired) electrons. The van der Waals surface area contributed by atoms with E-state index in [1.165, 1.54) is 0 Å². The van der Waals surface area contributed by atoms with Crippen molar-refractivity contribution in [1.82, 2.24) is 10.6 Å². The summed E-state index contributed by atoms with van der Waals surface area (Å²) in [4.78, 5) is 0. The Morgan fingerprint density at radius 3 is 2.00 bits per heavy atom. The van der Waals surface area contributed by atoms with Crippen molar-refractivity contribution in [3.63, 3.8) is 0 Å². The van der Waals surface area contributed by atoms with Crippen LogP contribution in [0.3, 0.4) is 0 Å². The third kappa shape index (κ3) is 1.62. The van der Waals surface area contributed by atoms with Crippen LogP contribution in [-0.2, 0) is 10.1 Å². The van der Waals surface area contributed by atoms with Crippen LogP contribution in [0.1, 0.15) is 0 Å². The second-order valence-corrected chi connectivity index (χ2v) is 3.30. The zero-order valence-electron chi connectivity index (χ0n) is 4.66. The molecule has 6 heteroatoms. The molecule has 0 atom stereocenters. The fourth-order valence-corrected chi connectivity index (χ4v) is 1.35. The quantitative estimate of drug-likeness (QED) is 0.392. The highest BCUT2D eigenvalue weighted by molar-refractivity contribution is 7.86. The summed E-state index contributed by atoms with van der Waals surface area (Å²) < 4.78 is 28.9. The number of rotatable bonds is 1. The van der Waals surface area contributed by atoms with Crippen LogP contribution in [0.5, 0.6) is 0 Å². The normalized spacial score (nSPS) is 22.8. The van der Waals surface area contributed by atoms with E-state index in [1.54, 1.807) is 0 Å². The third-order valence-corrected chi connectivity index (χ3v) is 2.01. The van der Waals surface area contributed by atoms with Crippen LogP contribution in [0.15, 0.2) is 0 Å². The summed E-state index contributed by atoms with van der Waals surface area (Å²) in [6, 6.07) is 0. The molecule has 1 aliphatic heterocycles. The molecule has 1 heterocycles. The molecular formula is C3H8N2O3S. The van der Waals surface area contributed by atoms with Crippen molar-refractivity contribution in [1.29, 1.82) is 0 Å². The molecule has 0 spiro atoms. The molecule has 1 aliphatic rings. The molecule has 1 rings (SSSR count). The van der Waals surface area contributed by atoms with Crippen molar-refractivity contribution in [2.45, 2.75) is 5.50 Å². The molecule has 0 aromatic rings. The van der Waals surface area contributed by atoms with Crippen LogP contribution in [-0.4, -0.2) is 31.6 Å². The predicted octanol–water partition coefficient (Wildman–Crippen LogP) is -1.65. The summed E-state index contributed by atoms with van der Waals surface area (Å²) in [7, 11) is -3.92. The van der Waals surface area contributed by atoms with Gasteiger partial charge in [0, 0.05) is 13.1 Å². The summed E-state index contributed by atoms with van der Waals surface area (Å²) >= 11 is 0. The first-order chi connectivity index (χ1) is 4.11. The topological polar surface area (TPSA) is 78.4 Å². The number of hydrogen-bond acceptors (Lipinski definition) is 4. The Balaban J connectivity index is 2.63. The fraction of sp³-hybridized carbons (Fsp3) is 1.00. The lowest BCUT2D eigenvalue weighted by atomic mass is 10.7. The summed E-state index contributed by atoms with van der Waals surface area (Å²) in [5, 5.41) is 5.09. The molecular weight excluding hydrogens is 144 g/mol. The molecule has 0 aliphatic carbocycles. The first-order valence-corrected chi connectivity index (χ1v) is 4.04. The molecule has 1 fully saturated rings. The minimum absolute atomic E-state index is 0.574. The van der Waals surface area contributed by atoms with Gasteiger partial charge in [0.05, 0.1) is 0 Å². The number of hydrogen-bond donors (Lipinski definition) is 3. The molecule has 3 N–H and O–H groups in total. The molecule has 0 aromatic carbocycles. The Morgan fingerprint density at radius 1 is 1.33 bits per heavy atom. The smallest absolute Gasteiger partial charge is 0.286 e. The maximum absolute atomic E-state index is 10.3. The summed E-state index contributed by atoms with van der Waals surface area (Å²) in [5.74, 6) is 0. The average molecular weight is 152 g/mol. The van der Waals surface area contributed by atoms with Crippen molar-refractivity contribution in [2.75, 3.05) is 13.1 Å². The highest BCUT2D eigenvalue weighted by Gasteiger charge is 2.24. The maximum Gasteiger partial charge on any atom is 0.295 e. The molecule has 0 aromatic heterocycles. The van der Waals surface area contributed by atoms with Crippen LogP contribution < -0.4 is 10.6 Å². The van der Waals surface area contributed by atoms with Crippen LogP contribution in [0, 0.1) is 0 Å². The first kappa shape index (κ1) is 6.94. The SMILES string of the molecule is O=S(=O)(O)C1NCCN1. The minimum Gasteiger partial charge on any atom is -0.286 e. The first-order valence-electron chi connectivity index (χ1n) is 2.54. The van der Waals surface area contributed by atoms with E-state index in [0.29, 0.717) is 13.1 Å². The van der Waals surface area contributed by atoms with E-state index in [9.17, 15) is 8.42 Å². The van der Waals surface area contributed by atoms with Crippen molar-refractivity contribution in [3.8, 4) is 0 Å². The van der Waals surface area contributed by atoms with Gasteiger partial charge in [-0.05, 0) is 0 Å². The predicted molar refractivity (Wildman–Crippen MR) is 31.3 cm³/mol. The van der Waals surface area contributed by atoms with Gasteiger partial charge in [-0.2, -0.15) is 8.42 Å². The maximum atomic E-state index is 10.3. The van der Waals surface area contributed by atoms with Gasteiger partial charge in [0.25, 0.3) is 10.1 Å². The summed E-state index contributed by atoms with van der Waals surface area (Å²) in [5.41, 5.74) is -0.961. The van der Waals surface area contributed by atoms with Crippen molar-refractivity contribution in [2.24, 2.45) is 0 Å². The highest BCUT2D eigenvalue weighted by atomic mass is 32.2. The standard InChI is InChI=1S/C3H8N2O3S/c6-9(7,8)3-4-1-2-5-3/h3-5H,1-2H2,(H,6,7,8). The van der Waals surface area contributed by atoms with Crippen LogP contribution >= 0.6 is 0 Å². The van der Waals surface area contributed by atoms with Gasteiger partial charge in [0.2, 0.25) is 0 Å². The lowest BCUT2D eigenvalue weighted by Crippen LogP contribution is -2.38. The van der Waals surface area contributed by atoms with Crippen LogP contribution in [0.4, 0.5) is 0 Å². The molecule has 0 saturated carbocycles. The monoisotopic (exact) mass is 152 g/mol. The Hall–Kier alpha value is -0.170. The van der Waals surface area contributed by atoms with Gasteiger partial charge in [0.15, 0.2) is 5.50 Å². The van der Waals surface area contributed by atoms with E-state index in [-0.39, 0.29) is 0 Å².